The first-order valence-electron chi connectivity index (χ1n) is 14.6. The molecule has 1 saturated heterocycles. The lowest BCUT2D eigenvalue weighted by Crippen LogP contribution is -2.56. The Morgan fingerprint density at radius 3 is 2.72 bits per heavy atom. The molecular formula is C29H33N9O8. The Balaban J connectivity index is 1.33. The van der Waals surface area contributed by atoms with Gasteiger partial charge < -0.3 is 30.1 Å². The van der Waals surface area contributed by atoms with E-state index < -0.39 is 47.9 Å². The van der Waals surface area contributed by atoms with Crippen molar-refractivity contribution in [3.63, 3.8) is 0 Å². The fraction of sp³-hybridized carbons (Fsp3) is 0.414. The van der Waals surface area contributed by atoms with Crippen LogP contribution in [0.4, 0.5) is 10.6 Å². The molecule has 4 heterocycles. The third-order valence-corrected chi connectivity index (χ3v) is 7.58. The van der Waals surface area contributed by atoms with E-state index in [0.717, 1.165) is 10.5 Å². The molecule has 0 bridgehead atoms. The number of fused-ring (bicyclic) bond motifs is 1. The van der Waals surface area contributed by atoms with Crippen molar-refractivity contribution < 1.29 is 38.6 Å². The van der Waals surface area contributed by atoms with E-state index in [4.69, 9.17) is 9.47 Å². The van der Waals surface area contributed by atoms with Gasteiger partial charge >= 0.3 is 12.1 Å². The van der Waals surface area contributed by atoms with Gasteiger partial charge in [0.15, 0.2) is 5.82 Å². The number of nitrogens with one attached hydrogen (secondary N) is 3. The highest BCUT2D eigenvalue weighted by Crippen LogP contribution is 2.31. The summed E-state index contributed by atoms with van der Waals surface area (Å²) >= 11 is 0. The van der Waals surface area contributed by atoms with Crippen LogP contribution in [0, 0.1) is 0 Å². The number of amides is 4. The molecule has 2 aromatic heterocycles. The van der Waals surface area contributed by atoms with Crippen LogP contribution < -0.4 is 15.5 Å². The van der Waals surface area contributed by atoms with Crippen molar-refractivity contribution in [1.82, 2.24) is 41.1 Å². The van der Waals surface area contributed by atoms with E-state index >= 15 is 0 Å². The number of aromatic amines is 1. The summed E-state index contributed by atoms with van der Waals surface area (Å²) in [6, 6.07) is 9.42. The maximum atomic E-state index is 14.2. The average Bonchev–Trinajstić information content (AvgIpc) is 3.73. The van der Waals surface area contributed by atoms with Gasteiger partial charge in [-0.05, 0) is 23.6 Å². The first-order valence-corrected chi connectivity index (χ1v) is 14.6. The minimum Gasteiger partial charge on any atom is -0.465 e. The minimum atomic E-state index is -1.28. The van der Waals surface area contributed by atoms with Crippen LogP contribution in [0.3, 0.4) is 0 Å². The van der Waals surface area contributed by atoms with Crippen molar-refractivity contribution in [2.75, 3.05) is 24.7 Å². The number of hydrogen-bond acceptors (Lipinski definition) is 11. The molecule has 17 heteroatoms. The van der Waals surface area contributed by atoms with Gasteiger partial charge in [0, 0.05) is 32.0 Å². The molecule has 17 nitrogen and oxygen atoms in total. The number of anilines is 1. The number of carbonyl (C=O) groups is 5. The third-order valence-electron chi connectivity index (χ3n) is 7.58. The zero-order chi connectivity index (χ0) is 32.5. The van der Waals surface area contributed by atoms with Crippen molar-refractivity contribution in [2.24, 2.45) is 0 Å². The van der Waals surface area contributed by atoms with Crippen LogP contribution in [0.1, 0.15) is 36.2 Å². The van der Waals surface area contributed by atoms with E-state index in [1.165, 1.54) is 11.1 Å². The largest absolute Gasteiger partial charge is 0.465 e. The van der Waals surface area contributed by atoms with Gasteiger partial charge in [0.1, 0.15) is 24.5 Å². The highest BCUT2D eigenvalue weighted by molar-refractivity contribution is 6.06. The number of hydrogen-bond donors (Lipinski definition) is 4. The number of carbonyl (C=O) groups excluding carboxylic acids is 4. The summed E-state index contributed by atoms with van der Waals surface area (Å²) in [6.45, 7) is 0.294. The van der Waals surface area contributed by atoms with Gasteiger partial charge in [-0.1, -0.05) is 41.6 Å². The molecule has 4 amide bonds. The first-order chi connectivity index (χ1) is 22.3. The molecule has 46 heavy (non-hydrogen) atoms. The average molecular weight is 636 g/mol. The lowest BCUT2D eigenvalue weighted by Gasteiger charge is -2.33. The quantitative estimate of drug-likeness (QED) is 0.192. The second-order valence-electron chi connectivity index (χ2n) is 10.7. The summed E-state index contributed by atoms with van der Waals surface area (Å²) < 4.78 is 10.8. The highest BCUT2D eigenvalue weighted by atomic mass is 16.5. The Hall–Kier alpha value is -5.45. The van der Waals surface area contributed by atoms with Gasteiger partial charge in [-0.3, -0.25) is 24.1 Å². The van der Waals surface area contributed by atoms with E-state index in [1.54, 1.807) is 24.3 Å². The molecule has 3 aromatic rings. The summed E-state index contributed by atoms with van der Waals surface area (Å²) in [7, 11) is 0. The summed E-state index contributed by atoms with van der Waals surface area (Å²) in [5.41, 5.74) is 1.42. The van der Waals surface area contributed by atoms with E-state index in [1.807, 2.05) is 18.2 Å². The zero-order valence-corrected chi connectivity index (χ0v) is 24.7. The van der Waals surface area contributed by atoms with Crippen LogP contribution in [0.15, 0.2) is 48.7 Å². The predicted molar refractivity (Wildman–Crippen MR) is 157 cm³/mol. The van der Waals surface area contributed by atoms with Crippen LogP contribution in [0.5, 0.6) is 0 Å². The number of aromatic nitrogens is 5. The van der Waals surface area contributed by atoms with Crippen molar-refractivity contribution in [1.29, 1.82) is 0 Å². The van der Waals surface area contributed by atoms with Gasteiger partial charge in [0.25, 0.3) is 5.91 Å². The molecule has 242 valence electrons. The molecule has 5 rings (SSSR count). The number of pyridine rings is 1. The summed E-state index contributed by atoms with van der Waals surface area (Å²) in [4.78, 5) is 71.9. The van der Waals surface area contributed by atoms with E-state index in [2.05, 4.69) is 36.2 Å². The number of tetrazole rings is 1. The van der Waals surface area contributed by atoms with Crippen molar-refractivity contribution in [3.05, 3.63) is 65.6 Å². The smallest absolute Gasteiger partial charge is 0.407 e. The second kappa shape index (κ2) is 15.0. The van der Waals surface area contributed by atoms with Crippen LogP contribution in [-0.4, -0.2) is 103 Å². The number of nitrogens with zero attached hydrogens (tertiary/aromatic N) is 6. The molecule has 0 saturated carbocycles. The van der Waals surface area contributed by atoms with Crippen molar-refractivity contribution in [2.45, 2.75) is 57.0 Å². The number of H-pyrrole nitrogens is 1. The predicted octanol–water partition coefficient (Wildman–Crippen LogP) is -0.0539. The molecule has 1 unspecified atom stereocenters. The molecule has 3 atom stereocenters. The molecule has 4 N–H and O–H groups in total. The fourth-order valence-electron chi connectivity index (χ4n) is 5.30. The minimum absolute atomic E-state index is 0.0101. The van der Waals surface area contributed by atoms with Gasteiger partial charge in [0.2, 0.25) is 11.8 Å². The second-order valence-corrected chi connectivity index (χ2v) is 10.7. The molecular weight excluding hydrogens is 602 g/mol. The summed E-state index contributed by atoms with van der Waals surface area (Å²) in [5, 5.41) is 28.3. The van der Waals surface area contributed by atoms with Crippen LogP contribution in [0.2, 0.25) is 0 Å². The van der Waals surface area contributed by atoms with E-state index in [9.17, 15) is 29.1 Å². The Bertz CT molecular complexity index is 1540. The molecule has 0 spiro atoms. The summed E-state index contributed by atoms with van der Waals surface area (Å²) in [5.74, 6) is -1.92. The normalized spacial score (nSPS) is 17.9. The number of benzene rings is 1. The molecule has 0 radical (unpaired) electrons. The van der Waals surface area contributed by atoms with Gasteiger partial charge in [-0.25, -0.2) is 9.78 Å². The zero-order valence-electron chi connectivity index (χ0n) is 24.7. The molecule has 0 aliphatic carbocycles. The van der Waals surface area contributed by atoms with Crippen LogP contribution >= 0.6 is 0 Å². The van der Waals surface area contributed by atoms with E-state index in [-0.39, 0.29) is 70.2 Å². The Morgan fingerprint density at radius 1 is 1.13 bits per heavy atom. The first kappa shape index (κ1) is 32.0. The van der Waals surface area contributed by atoms with Gasteiger partial charge in [-0.2, -0.15) is 5.21 Å². The molecule has 2 aliphatic rings. The monoisotopic (exact) mass is 635 g/mol. The Kier molecular flexibility index (Phi) is 10.4. The molecule has 2 aliphatic heterocycles. The number of carboxylic acid groups (broad SMARTS) is 1. The van der Waals surface area contributed by atoms with Crippen LogP contribution in [0.25, 0.3) is 0 Å². The van der Waals surface area contributed by atoms with Gasteiger partial charge in [0.05, 0.1) is 25.8 Å². The Morgan fingerprint density at radius 2 is 1.96 bits per heavy atom. The standard InChI is InChI=1S/C29H33N9O8/c39-24(14-20-17-45-12-11-37(20)29(43)44)32-21(8-9-25(40)46-16-18-5-2-1-3-6-18)28(42)38-22(13-19-7-4-10-30-26(19)38)27(41)31-15-23-33-35-36-34-23/h1-7,10,20-22H,8-9,11-17H2,(H,31,41)(H,32,39)(H,43,44)(H,33,34,35,36)/t20?,21-,22-/m0/s1. The van der Waals surface area contributed by atoms with Crippen molar-refractivity contribution in [3.8, 4) is 0 Å². The summed E-state index contributed by atoms with van der Waals surface area (Å²) in [6.07, 6.45) is -0.217. The van der Waals surface area contributed by atoms with E-state index in [0.29, 0.717) is 5.56 Å². The van der Waals surface area contributed by atoms with Gasteiger partial charge in [-0.15, -0.1) is 10.2 Å². The van der Waals surface area contributed by atoms with Crippen LogP contribution in [-0.2, 0) is 48.2 Å². The fourth-order valence-corrected chi connectivity index (χ4v) is 5.30. The Labute approximate surface area is 262 Å². The number of morpholine rings is 1. The van der Waals surface area contributed by atoms with Crippen molar-refractivity contribution >= 4 is 35.6 Å². The number of ether oxygens (including phenoxy) is 2. The molecule has 1 fully saturated rings. The maximum absolute atomic E-state index is 14.2. The SMILES string of the molecule is O=C(CC1COCCN1C(=O)O)N[C@@H](CCC(=O)OCc1ccccc1)C(=O)N1c2ncccc2C[C@H]1C(=O)NCc1nn[nH]n1. The molecule has 1 aromatic carbocycles. The third kappa shape index (κ3) is 7.98. The maximum Gasteiger partial charge on any atom is 0.407 e. The lowest BCUT2D eigenvalue weighted by molar-refractivity contribution is -0.145. The number of esters is 1. The number of rotatable bonds is 12. The highest BCUT2D eigenvalue weighted by Gasteiger charge is 2.42. The topological polar surface area (TPSA) is 222 Å². The lowest BCUT2D eigenvalue weighted by atomic mass is 10.1.